The molecule has 0 aliphatic carbocycles. The number of hydrogen-bond acceptors (Lipinski definition) is 6. The van der Waals surface area contributed by atoms with E-state index >= 15 is 0 Å². The average molecular weight is 679 g/mol. The zero-order valence-corrected chi connectivity index (χ0v) is 28.4. The Balaban J connectivity index is 1.72. The first kappa shape index (κ1) is 33.6. The number of nitrogens with zero attached hydrogens (tertiary/aromatic N) is 2. The van der Waals surface area contributed by atoms with Crippen molar-refractivity contribution < 1.29 is 28.6 Å². The van der Waals surface area contributed by atoms with Gasteiger partial charge in [-0.2, -0.15) is 0 Å². The monoisotopic (exact) mass is 677 g/mol. The van der Waals surface area contributed by atoms with Crippen molar-refractivity contribution in [2.24, 2.45) is 0 Å². The van der Waals surface area contributed by atoms with Crippen molar-refractivity contribution >= 4 is 50.3 Å². The van der Waals surface area contributed by atoms with Crippen molar-refractivity contribution in [1.29, 1.82) is 0 Å². The zero-order valence-electron chi connectivity index (χ0n) is 26.8. The normalized spacial score (nSPS) is 11.3. The number of likely N-dealkylation sites (N-methyl/N-ethyl adjacent to an activating group) is 1. The van der Waals surface area contributed by atoms with Gasteiger partial charge >= 0.3 is 5.97 Å². The van der Waals surface area contributed by atoms with Gasteiger partial charge in [0.05, 0.1) is 18.1 Å². The van der Waals surface area contributed by atoms with Crippen molar-refractivity contribution in [2.45, 2.75) is 66.7 Å². The summed E-state index contributed by atoms with van der Waals surface area (Å²) in [5.41, 5.74) is 3.22. The van der Waals surface area contributed by atoms with Crippen LogP contribution in [-0.4, -0.2) is 41.6 Å². The Kier molecular flexibility index (Phi) is 10.6. The summed E-state index contributed by atoms with van der Waals surface area (Å²) in [7, 11) is 1.60. The quantitative estimate of drug-likeness (QED) is 0.133. The van der Waals surface area contributed by atoms with E-state index in [0.717, 1.165) is 32.1 Å². The molecule has 1 aromatic heterocycles. The van der Waals surface area contributed by atoms with Gasteiger partial charge in [0.15, 0.2) is 0 Å². The Bertz CT molecular complexity index is 1700. The maximum absolute atomic E-state index is 13.9. The lowest BCUT2D eigenvalue weighted by atomic mass is 10.1. The Morgan fingerprint density at radius 2 is 1.69 bits per heavy atom. The summed E-state index contributed by atoms with van der Waals surface area (Å²) in [5.74, 6) is 0.866. The summed E-state index contributed by atoms with van der Waals surface area (Å²) in [6, 6.07) is 17.0. The molecule has 0 aliphatic heterocycles. The van der Waals surface area contributed by atoms with Crippen LogP contribution in [0.4, 0.5) is 5.69 Å². The highest BCUT2D eigenvalue weighted by Gasteiger charge is 2.26. The van der Waals surface area contributed by atoms with Crippen LogP contribution in [-0.2, 0) is 32.2 Å². The van der Waals surface area contributed by atoms with E-state index in [-0.39, 0.29) is 19.0 Å². The standard InChI is InChI=1S/C35H40BrN3O6/c1-8-37-31(40)21-38-19-24(27-11-9-10-12-29(27)38)20-39(32(41)18-33(42)45-35(4,5)6)25-15-22(2)34(23(3)16-25)44-26-13-14-30(43-7)28(36)17-26/h9-17,19H,8,18,20-21H2,1-7H3,(H,37,40). The van der Waals surface area contributed by atoms with E-state index < -0.39 is 23.9 Å². The van der Waals surface area contributed by atoms with Gasteiger partial charge in [-0.3, -0.25) is 14.4 Å². The predicted molar refractivity (Wildman–Crippen MR) is 179 cm³/mol. The molecule has 0 spiro atoms. The molecular weight excluding hydrogens is 638 g/mol. The van der Waals surface area contributed by atoms with Crippen LogP contribution in [0.3, 0.4) is 0 Å². The molecule has 10 heteroatoms. The fraction of sp³-hybridized carbons (Fsp3) is 0.343. The first-order valence-corrected chi connectivity index (χ1v) is 15.6. The van der Waals surface area contributed by atoms with Crippen LogP contribution in [0, 0.1) is 13.8 Å². The number of halogens is 1. The van der Waals surface area contributed by atoms with Gasteiger partial charge in [0.25, 0.3) is 0 Å². The average Bonchev–Trinajstić information content (AvgIpc) is 3.29. The van der Waals surface area contributed by atoms with E-state index in [1.807, 2.05) is 86.1 Å². The van der Waals surface area contributed by atoms with E-state index in [9.17, 15) is 14.4 Å². The van der Waals surface area contributed by atoms with E-state index in [4.69, 9.17) is 14.2 Å². The van der Waals surface area contributed by atoms with Crippen molar-refractivity contribution in [3.8, 4) is 17.2 Å². The molecule has 0 unspecified atom stereocenters. The van der Waals surface area contributed by atoms with Gasteiger partial charge in [0.2, 0.25) is 11.8 Å². The number of hydrogen-bond donors (Lipinski definition) is 1. The summed E-state index contributed by atoms with van der Waals surface area (Å²) in [5, 5.41) is 3.75. The lowest BCUT2D eigenvalue weighted by Crippen LogP contribution is -2.34. The summed E-state index contributed by atoms with van der Waals surface area (Å²) < 4.78 is 19.7. The highest BCUT2D eigenvalue weighted by molar-refractivity contribution is 9.10. The number of nitrogens with one attached hydrogen (secondary N) is 1. The lowest BCUT2D eigenvalue weighted by Gasteiger charge is -2.26. The van der Waals surface area contributed by atoms with Crippen LogP contribution in [0.1, 0.15) is 50.8 Å². The van der Waals surface area contributed by atoms with Crippen molar-refractivity contribution in [3.05, 3.63) is 82.0 Å². The largest absolute Gasteiger partial charge is 0.496 e. The molecule has 1 N–H and O–H groups in total. The van der Waals surface area contributed by atoms with Gasteiger partial charge in [-0.1, -0.05) is 18.2 Å². The number of amides is 2. The highest BCUT2D eigenvalue weighted by Crippen LogP contribution is 2.37. The SMILES string of the molecule is CCNC(=O)Cn1cc(CN(C(=O)CC(=O)OC(C)(C)C)c2cc(C)c(Oc3ccc(OC)c(Br)c3)c(C)c2)c2ccccc21. The number of aromatic nitrogens is 1. The second-order valence-electron chi connectivity index (χ2n) is 11.8. The first-order valence-electron chi connectivity index (χ1n) is 14.8. The van der Waals surface area contributed by atoms with Crippen molar-refractivity contribution in [2.75, 3.05) is 18.6 Å². The molecule has 4 aromatic rings. The molecule has 0 aliphatic rings. The molecule has 9 nitrogen and oxygen atoms in total. The third-order valence-corrected chi connectivity index (χ3v) is 7.62. The highest BCUT2D eigenvalue weighted by atomic mass is 79.9. The predicted octanol–water partition coefficient (Wildman–Crippen LogP) is 7.22. The van der Waals surface area contributed by atoms with Crippen LogP contribution < -0.4 is 19.7 Å². The topological polar surface area (TPSA) is 99.1 Å². The molecule has 0 saturated heterocycles. The Morgan fingerprint density at radius 1 is 1.00 bits per heavy atom. The Labute approximate surface area is 272 Å². The molecule has 238 valence electrons. The number of esters is 1. The number of para-hydroxylation sites is 1. The van der Waals surface area contributed by atoms with Gasteiger partial charge in [0, 0.05) is 29.3 Å². The van der Waals surface area contributed by atoms with Crippen LogP contribution in [0.15, 0.2) is 65.3 Å². The summed E-state index contributed by atoms with van der Waals surface area (Å²) in [6.45, 7) is 11.9. The van der Waals surface area contributed by atoms with Crippen LogP contribution in [0.5, 0.6) is 17.2 Å². The smallest absolute Gasteiger partial charge is 0.315 e. The molecule has 2 amide bonds. The third-order valence-electron chi connectivity index (χ3n) is 7.00. The minimum absolute atomic E-state index is 0.103. The van der Waals surface area contributed by atoms with E-state index in [2.05, 4.69) is 21.2 Å². The third kappa shape index (κ3) is 8.45. The first-order chi connectivity index (χ1) is 21.3. The number of anilines is 1. The minimum Gasteiger partial charge on any atom is -0.496 e. The van der Waals surface area contributed by atoms with Gasteiger partial charge in [-0.05, 0) is 111 Å². The summed E-state index contributed by atoms with van der Waals surface area (Å²) >= 11 is 3.50. The lowest BCUT2D eigenvalue weighted by molar-refractivity contribution is -0.156. The maximum atomic E-state index is 13.9. The summed E-state index contributed by atoms with van der Waals surface area (Å²) in [4.78, 5) is 40.7. The van der Waals surface area contributed by atoms with Crippen LogP contribution in [0.2, 0.25) is 0 Å². The number of fused-ring (bicyclic) bond motifs is 1. The molecule has 1 heterocycles. The zero-order chi connectivity index (χ0) is 32.9. The number of rotatable bonds is 11. The van der Waals surface area contributed by atoms with Gasteiger partial charge < -0.3 is 29.0 Å². The van der Waals surface area contributed by atoms with E-state index in [1.54, 1.807) is 32.8 Å². The fourth-order valence-electron chi connectivity index (χ4n) is 5.15. The molecule has 4 rings (SSSR count). The van der Waals surface area contributed by atoms with E-state index in [0.29, 0.717) is 29.5 Å². The Hall–Kier alpha value is -4.31. The molecule has 3 aromatic carbocycles. The molecule has 0 saturated carbocycles. The number of methoxy groups -OCH3 is 1. The second-order valence-corrected chi connectivity index (χ2v) is 12.7. The van der Waals surface area contributed by atoms with Crippen LogP contribution in [0.25, 0.3) is 10.9 Å². The van der Waals surface area contributed by atoms with Gasteiger partial charge in [0.1, 0.15) is 35.8 Å². The minimum atomic E-state index is -0.725. The van der Waals surface area contributed by atoms with Crippen molar-refractivity contribution in [3.63, 3.8) is 0 Å². The van der Waals surface area contributed by atoms with E-state index in [1.165, 1.54) is 0 Å². The maximum Gasteiger partial charge on any atom is 0.315 e. The summed E-state index contributed by atoms with van der Waals surface area (Å²) in [6.07, 6.45) is 1.47. The second kappa shape index (κ2) is 14.2. The molecule has 45 heavy (non-hydrogen) atoms. The number of carbonyl (C=O) groups is 3. The number of carbonyl (C=O) groups excluding carboxylic acids is 3. The molecule has 0 fully saturated rings. The molecule has 0 atom stereocenters. The van der Waals surface area contributed by atoms with Gasteiger partial charge in [-0.15, -0.1) is 0 Å². The van der Waals surface area contributed by atoms with Crippen LogP contribution >= 0.6 is 15.9 Å². The van der Waals surface area contributed by atoms with Crippen molar-refractivity contribution in [1.82, 2.24) is 9.88 Å². The number of aryl methyl sites for hydroxylation is 2. The molecule has 0 radical (unpaired) electrons. The number of ether oxygens (including phenoxy) is 3. The number of benzene rings is 3. The fourth-order valence-corrected chi connectivity index (χ4v) is 5.67. The molecule has 0 bridgehead atoms. The van der Waals surface area contributed by atoms with Gasteiger partial charge in [-0.25, -0.2) is 0 Å². The Morgan fingerprint density at radius 3 is 2.31 bits per heavy atom. The molecular formula is C35H40BrN3O6.